The molecular formula is C20H23BrN2O2. The molecule has 25 heavy (non-hydrogen) atoms. The number of hydrogen-bond donors (Lipinski definition) is 1. The molecule has 0 spiro atoms. The van der Waals surface area contributed by atoms with Crippen molar-refractivity contribution >= 4 is 28.1 Å². The Hall–Kier alpha value is -2.14. The molecule has 1 atom stereocenters. The van der Waals surface area contributed by atoms with Crippen molar-refractivity contribution in [3.8, 4) is 5.75 Å². The maximum absolute atomic E-state index is 12.2. The summed E-state index contributed by atoms with van der Waals surface area (Å²) in [5, 5.41) is 3.99. The van der Waals surface area contributed by atoms with E-state index in [4.69, 9.17) is 4.74 Å². The first kappa shape index (κ1) is 19.2. The van der Waals surface area contributed by atoms with Crippen LogP contribution in [0.4, 0.5) is 0 Å². The molecule has 0 aliphatic rings. The molecule has 0 aliphatic carbocycles. The van der Waals surface area contributed by atoms with Gasteiger partial charge >= 0.3 is 0 Å². The zero-order valence-corrected chi connectivity index (χ0v) is 16.5. The predicted molar refractivity (Wildman–Crippen MR) is 105 cm³/mol. The number of carbonyl (C=O) groups excluding carboxylic acids is 1. The maximum atomic E-state index is 12.2. The summed E-state index contributed by atoms with van der Waals surface area (Å²) in [6.45, 7) is 7.93. The number of rotatable bonds is 6. The number of benzene rings is 2. The van der Waals surface area contributed by atoms with Crippen molar-refractivity contribution in [2.75, 3.05) is 0 Å². The van der Waals surface area contributed by atoms with Crippen molar-refractivity contribution in [3.63, 3.8) is 0 Å². The highest BCUT2D eigenvalue weighted by Gasteiger charge is 2.15. The molecular weight excluding hydrogens is 380 g/mol. The molecule has 1 N–H and O–H groups in total. The normalized spacial score (nSPS) is 12.4. The number of nitrogens with zero attached hydrogens (tertiary/aromatic N) is 1. The Labute approximate surface area is 157 Å². The topological polar surface area (TPSA) is 50.7 Å². The van der Waals surface area contributed by atoms with Crippen molar-refractivity contribution in [2.45, 2.75) is 39.7 Å². The van der Waals surface area contributed by atoms with Crippen molar-refractivity contribution in [1.82, 2.24) is 5.43 Å². The minimum atomic E-state index is -0.638. The van der Waals surface area contributed by atoms with E-state index in [0.717, 1.165) is 21.3 Å². The second-order valence-electron chi connectivity index (χ2n) is 6.23. The van der Waals surface area contributed by atoms with Gasteiger partial charge in [-0.25, -0.2) is 5.43 Å². The minimum Gasteiger partial charge on any atom is -0.481 e. The Morgan fingerprint density at radius 3 is 2.64 bits per heavy atom. The molecule has 5 heteroatoms. The highest BCUT2D eigenvalue weighted by atomic mass is 79.9. The van der Waals surface area contributed by atoms with E-state index in [2.05, 4.69) is 46.4 Å². The predicted octanol–water partition coefficient (Wildman–Crippen LogP) is 4.80. The number of nitrogens with one attached hydrogen (secondary N) is 1. The fourth-order valence-corrected chi connectivity index (χ4v) is 2.61. The van der Waals surface area contributed by atoms with E-state index >= 15 is 0 Å². The van der Waals surface area contributed by atoms with Crippen LogP contribution in [-0.4, -0.2) is 18.2 Å². The summed E-state index contributed by atoms with van der Waals surface area (Å²) in [7, 11) is 0. The van der Waals surface area contributed by atoms with Gasteiger partial charge in [-0.15, -0.1) is 0 Å². The van der Waals surface area contributed by atoms with Crippen LogP contribution in [0.3, 0.4) is 0 Å². The Morgan fingerprint density at radius 1 is 1.20 bits per heavy atom. The summed E-state index contributed by atoms with van der Waals surface area (Å²) in [6, 6.07) is 13.7. The molecule has 4 nitrogen and oxygen atoms in total. The first-order valence-electron chi connectivity index (χ1n) is 8.22. The van der Waals surface area contributed by atoms with Gasteiger partial charge < -0.3 is 4.74 Å². The number of aryl methyl sites for hydroxylation is 1. The third-order valence-electron chi connectivity index (χ3n) is 3.79. The molecule has 0 saturated carbocycles. The Kier molecular flexibility index (Phi) is 6.76. The van der Waals surface area contributed by atoms with Crippen LogP contribution in [0.2, 0.25) is 0 Å². The molecule has 0 saturated heterocycles. The standard InChI is InChI=1S/C20H23BrN2O2/c1-13(2)17-9-8-14(3)19(11-17)25-15(4)20(24)23-22-12-16-6-5-7-18(21)10-16/h5-13,15H,1-4H3,(H,23,24)/t15-/m0/s1. The van der Waals surface area contributed by atoms with Crippen LogP contribution in [0, 0.1) is 6.92 Å². The molecule has 0 aliphatic heterocycles. The third kappa shape index (κ3) is 5.71. The van der Waals surface area contributed by atoms with Gasteiger partial charge in [-0.3, -0.25) is 4.79 Å². The highest BCUT2D eigenvalue weighted by molar-refractivity contribution is 9.10. The van der Waals surface area contributed by atoms with Crippen LogP contribution >= 0.6 is 15.9 Å². The van der Waals surface area contributed by atoms with Crippen LogP contribution in [-0.2, 0) is 4.79 Å². The summed E-state index contributed by atoms with van der Waals surface area (Å²) in [5.41, 5.74) is 5.59. The van der Waals surface area contributed by atoms with Gasteiger partial charge in [0.05, 0.1) is 6.21 Å². The lowest BCUT2D eigenvalue weighted by molar-refractivity contribution is -0.127. The van der Waals surface area contributed by atoms with E-state index in [0.29, 0.717) is 5.92 Å². The number of hydrogen-bond acceptors (Lipinski definition) is 3. The molecule has 0 unspecified atom stereocenters. The van der Waals surface area contributed by atoms with E-state index in [1.807, 2.05) is 43.3 Å². The zero-order chi connectivity index (χ0) is 18.4. The third-order valence-corrected chi connectivity index (χ3v) is 4.28. The van der Waals surface area contributed by atoms with Crippen LogP contribution in [0.5, 0.6) is 5.75 Å². The summed E-state index contributed by atoms with van der Waals surface area (Å²) >= 11 is 3.40. The Balaban J connectivity index is 1.97. The quantitative estimate of drug-likeness (QED) is 0.557. The van der Waals surface area contributed by atoms with Gasteiger partial charge in [0.25, 0.3) is 5.91 Å². The minimum absolute atomic E-state index is 0.291. The molecule has 132 valence electrons. The summed E-state index contributed by atoms with van der Waals surface area (Å²) in [5.74, 6) is 0.840. The number of halogens is 1. The number of carbonyl (C=O) groups is 1. The average molecular weight is 403 g/mol. The van der Waals surface area contributed by atoms with Crippen molar-refractivity contribution in [1.29, 1.82) is 0 Å². The van der Waals surface area contributed by atoms with Crippen molar-refractivity contribution in [2.24, 2.45) is 5.10 Å². The molecule has 0 fully saturated rings. The first-order valence-corrected chi connectivity index (χ1v) is 9.02. The SMILES string of the molecule is Cc1ccc(C(C)C)cc1O[C@@H](C)C(=O)NN=Cc1cccc(Br)c1. The van der Waals surface area contributed by atoms with E-state index in [1.54, 1.807) is 13.1 Å². The van der Waals surface area contributed by atoms with Gasteiger partial charge in [-0.1, -0.05) is 54.0 Å². The lowest BCUT2D eigenvalue weighted by Crippen LogP contribution is -2.33. The number of amides is 1. The second-order valence-corrected chi connectivity index (χ2v) is 7.14. The van der Waals surface area contributed by atoms with Gasteiger partial charge in [0.1, 0.15) is 5.75 Å². The fraction of sp³-hybridized carbons (Fsp3) is 0.300. The smallest absolute Gasteiger partial charge is 0.280 e. The van der Waals surface area contributed by atoms with Crippen LogP contribution in [0.15, 0.2) is 52.0 Å². The van der Waals surface area contributed by atoms with Crippen LogP contribution in [0.1, 0.15) is 43.4 Å². The Bertz CT molecular complexity index is 772. The van der Waals surface area contributed by atoms with Gasteiger partial charge in [-0.05, 0) is 54.7 Å². The summed E-state index contributed by atoms with van der Waals surface area (Å²) in [6.07, 6.45) is 0.959. The molecule has 0 radical (unpaired) electrons. The van der Waals surface area contributed by atoms with Crippen LogP contribution in [0.25, 0.3) is 0 Å². The zero-order valence-electron chi connectivity index (χ0n) is 14.9. The van der Waals surface area contributed by atoms with E-state index in [1.165, 1.54) is 5.56 Å². The highest BCUT2D eigenvalue weighted by Crippen LogP contribution is 2.25. The summed E-state index contributed by atoms with van der Waals surface area (Å²) in [4.78, 5) is 12.2. The van der Waals surface area contributed by atoms with Gasteiger partial charge in [0.15, 0.2) is 6.10 Å². The maximum Gasteiger partial charge on any atom is 0.280 e. The molecule has 2 aromatic rings. The molecule has 0 heterocycles. The Morgan fingerprint density at radius 2 is 1.96 bits per heavy atom. The molecule has 2 rings (SSSR count). The number of ether oxygens (including phenoxy) is 1. The average Bonchev–Trinajstić information content (AvgIpc) is 2.56. The molecule has 2 aromatic carbocycles. The lowest BCUT2D eigenvalue weighted by Gasteiger charge is -2.16. The van der Waals surface area contributed by atoms with E-state index in [-0.39, 0.29) is 5.91 Å². The van der Waals surface area contributed by atoms with Gasteiger partial charge in [-0.2, -0.15) is 5.10 Å². The molecule has 0 aromatic heterocycles. The van der Waals surface area contributed by atoms with Crippen LogP contribution < -0.4 is 10.2 Å². The van der Waals surface area contributed by atoms with Gasteiger partial charge in [0.2, 0.25) is 0 Å². The number of hydrazone groups is 1. The molecule has 0 bridgehead atoms. The van der Waals surface area contributed by atoms with Gasteiger partial charge in [0, 0.05) is 4.47 Å². The van der Waals surface area contributed by atoms with Crippen molar-refractivity contribution < 1.29 is 9.53 Å². The second kappa shape index (κ2) is 8.81. The lowest BCUT2D eigenvalue weighted by atomic mass is 10.0. The molecule has 1 amide bonds. The summed E-state index contributed by atoms with van der Waals surface area (Å²) < 4.78 is 6.78. The van der Waals surface area contributed by atoms with E-state index < -0.39 is 6.10 Å². The first-order chi connectivity index (χ1) is 11.9. The van der Waals surface area contributed by atoms with E-state index in [9.17, 15) is 4.79 Å². The largest absolute Gasteiger partial charge is 0.481 e. The fourth-order valence-electron chi connectivity index (χ4n) is 2.19. The monoisotopic (exact) mass is 402 g/mol. The van der Waals surface area contributed by atoms with Crippen molar-refractivity contribution in [3.05, 3.63) is 63.6 Å².